The number of hydrogen-bond donors (Lipinski definition) is 0. The molecule has 0 aromatic carbocycles. The van der Waals surface area contributed by atoms with E-state index in [1.807, 2.05) is 11.9 Å². The Hall–Kier alpha value is -1.63. The number of anilines is 1. The predicted molar refractivity (Wildman–Crippen MR) is 67.9 cm³/mol. The number of fused-ring (bicyclic) bond motifs is 1. The number of rotatable bonds is 5. The molecule has 0 aliphatic carbocycles. The minimum atomic E-state index is -0.371. The minimum Gasteiger partial charge on any atom is -0.358 e. The van der Waals surface area contributed by atoms with Gasteiger partial charge in [0.25, 0.3) is 4.96 Å². The number of imidazole rings is 1. The van der Waals surface area contributed by atoms with Crippen LogP contribution in [0.5, 0.6) is 0 Å². The van der Waals surface area contributed by atoms with Crippen molar-refractivity contribution in [3.05, 3.63) is 21.7 Å². The first-order chi connectivity index (χ1) is 8.15. The monoisotopic (exact) mass is 254 g/mol. The van der Waals surface area contributed by atoms with Gasteiger partial charge in [-0.2, -0.15) is 9.38 Å². The van der Waals surface area contributed by atoms with Crippen molar-refractivity contribution < 1.29 is 4.92 Å². The molecule has 0 amide bonds. The Labute approximate surface area is 103 Å². The largest absolute Gasteiger partial charge is 0.373 e. The molecule has 0 fully saturated rings. The molecule has 92 valence electrons. The van der Waals surface area contributed by atoms with Gasteiger partial charge in [0.1, 0.15) is 6.20 Å². The smallest absolute Gasteiger partial charge is 0.358 e. The van der Waals surface area contributed by atoms with Crippen LogP contribution in [-0.4, -0.2) is 27.9 Å². The summed E-state index contributed by atoms with van der Waals surface area (Å²) in [5.41, 5.74) is 0. The lowest BCUT2D eigenvalue weighted by Crippen LogP contribution is -2.19. The fourth-order valence-corrected chi connectivity index (χ4v) is 2.39. The van der Waals surface area contributed by atoms with Crippen molar-refractivity contribution in [2.24, 2.45) is 0 Å². The summed E-state index contributed by atoms with van der Waals surface area (Å²) >= 11 is 1.40. The summed E-state index contributed by atoms with van der Waals surface area (Å²) in [4.78, 5) is 17.5. The lowest BCUT2D eigenvalue weighted by molar-refractivity contribution is -0.389. The molecule has 0 atom stereocenters. The van der Waals surface area contributed by atoms with Gasteiger partial charge in [0.15, 0.2) is 0 Å². The Morgan fingerprint density at radius 1 is 1.65 bits per heavy atom. The van der Waals surface area contributed by atoms with Crippen LogP contribution in [0.2, 0.25) is 0 Å². The van der Waals surface area contributed by atoms with Gasteiger partial charge < -0.3 is 15.0 Å². The number of aromatic nitrogens is 2. The maximum Gasteiger partial charge on any atom is 0.373 e. The van der Waals surface area contributed by atoms with Crippen molar-refractivity contribution in [2.75, 3.05) is 18.5 Å². The van der Waals surface area contributed by atoms with E-state index >= 15 is 0 Å². The number of thiazole rings is 1. The van der Waals surface area contributed by atoms with Crippen molar-refractivity contribution in [3.63, 3.8) is 0 Å². The second kappa shape index (κ2) is 4.70. The first-order valence-corrected chi connectivity index (χ1v) is 6.34. The molecule has 7 heteroatoms. The molecule has 0 radical (unpaired) electrons. The van der Waals surface area contributed by atoms with Crippen molar-refractivity contribution in [1.29, 1.82) is 0 Å². The Kier molecular flexibility index (Phi) is 3.28. The molecule has 0 unspecified atom stereocenters. The van der Waals surface area contributed by atoms with Crippen LogP contribution in [0, 0.1) is 10.1 Å². The third-order valence-corrected chi connectivity index (χ3v) is 3.36. The molecule has 2 aromatic rings. The summed E-state index contributed by atoms with van der Waals surface area (Å²) in [6.07, 6.45) is 3.74. The van der Waals surface area contributed by atoms with E-state index in [1.54, 1.807) is 11.6 Å². The molecule has 0 N–H and O–H groups in total. The van der Waals surface area contributed by atoms with E-state index in [-0.39, 0.29) is 10.7 Å². The summed E-state index contributed by atoms with van der Waals surface area (Å²) in [6, 6.07) is 0. The quantitative estimate of drug-likeness (QED) is 0.607. The highest BCUT2D eigenvalue weighted by molar-refractivity contribution is 7.15. The number of unbranched alkanes of at least 4 members (excludes halogenated alkanes) is 1. The molecule has 0 bridgehead atoms. The molecule has 0 saturated carbocycles. The molecular weight excluding hydrogens is 240 g/mol. The zero-order valence-electron chi connectivity index (χ0n) is 9.79. The van der Waals surface area contributed by atoms with Gasteiger partial charge in [-0.25, -0.2) is 0 Å². The normalized spacial score (nSPS) is 10.9. The molecule has 0 spiro atoms. The number of hydrogen-bond acceptors (Lipinski definition) is 5. The molecule has 17 heavy (non-hydrogen) atoms. The standard InChI is InChI=1S/C10H14N4O2S/c1-3-4-5-12(2)8-9(14(15)16)13-6-7-17-10(13)11-8/h6-7H,3-5H2,1-2H3. The van der Waals surface area contributed by atoms with Crippen LogP contribution in [0.4, 0.5) is 11.6 Å². The first kappa shape index (κ1) is 11.8. The topological polar surface area (TPSA) is 63.7 Å². The highest BCUT2D eigenvalue weighted by Crippen LogP contribution is 2.30. The van der Waals surface area contributed by atoms with Gasteiger partial charge in [-0.15, -0.1) is 0 Å². The maximum atomic E-state index is 11.1. The molecule has 6 nitrogen and oxygen atoms in total. The minimum absolute atomic E-state index is 0.0554. The van der Waals surface area contributed by atoms with Crippen molar-refractivity contribution in [3.8, 4) is 0 Å². The van der Waals surface area contributed by atoms with Gasteiger partial charge >= 0.3 is 5.82 Å². The van der Waals surface area contributed by atoms with E-state index < -0.39 is 0 Å². The fourth-order valence-electron chi connectivity index (χ4n) is 1.69. The summed E-state index contributed by atoms with van der Waals surface area (Å²) < 4.78 is 1.53. The third-order valence-electron chi connectivity index (χ3n) is 2.60. The zero-order valence-corrected chi connectivity index (χ0v) is 10.6. The van der Waals surface area contributed by atoms with Crippen LogP contribution in [-0.2, 0) is 0 Å². The molecule has 0 aliphatic rings. The van der Waals surface area contributed by atoms with Gasteiger partial charge in [0.2, 0.25) is 5.82 Å². The van der Waals surface area contributed by atoms with Crippen molar-refractivity contribution >= 4 is 27.9 Å². The van der Waals surface area contributed by atoms with Crippen molar-refractivity contribution in [1.82, 2.24) is 9.38 Å². The maximum absolute atomic E-state index is 11.1. The van der Waals surface area contributed by atoms with E-state index in [2.05, 4.69) is 11.9 Å². The SMILES string of the molecule is CCCCN(C)c1nc2sccn2c1[N+](=O)[O-]. The van der Waals surface area contributed by atoms with Crippen LogP contribution in [0.1, 0.15) is 19.8 Å². The van der Waals surface area contributed by atoms with Crippen LogP contribution >= 0.6 is 11.3 Å². The van der Waals surface area contributed by atoms with E-state index in [9.17, 15) is 10.1 Å². The predicted octanol–water partition coefficient (Wildman–Crippen LogP) is 2.54. The summed E-state index contributed by atoms with van der Waals surface area (Å²) in [5, 5.41) is 12.9. The second-order valence-electron chi connectivity index (χ2n) is 3.85. The second-order valence-corrected chi connectivity index (χ2v) is 4.72. The number of nitrogens with zero attached hydrogens (tertiary/aromatic N) is 4. The van der Waals surface area contributed by atoms with Crippen LogP contribution < -0.4 is 4.90 Å². The lowest BCUT2D eigenvalue weighted by Gasteiger charge is -2.14. The van der Waals surface area contributed by atoms with Crippen molar-refractivity contribution in [2.45, 2.75) is 19.8 Å². The third kappa shape index (κ3) is 2.10. The van der Waals surface area contributed by atoms with Gasteiger partial charge in [-0.1, -0.05) is 24.7 Å². The van der Waals surface area contributed by atoms with Crippen LogP contribution in [0.3, 0.4) is 0 Å². The summed E-state index contributed by atoms with van der Waals surface area (Å²) in [7, 11) is 1.84. The average molecular weight is 254 g/mol. The first-order valence-electron chi connectivity index (χ1n) is 5.46. The number of nitro groups is 1. The zero-order chi connectivity index (χ0) is 12.4. The molecule has 2 aromatic heterocycles. The molecule has 2 rings (SSSR count). The van der Waals surface area contributed by atoms with Gasteiger partial charge in [-0.05, 0) is 11.3 Å². The van der Waals surface area contributed by atoms with Gasteiger partial charge in [0, 0.05) is 19.0 Å². The molecule has 0 saturated heterocycles. The average Bonchev–Trinajstić information content (AvgIpc) is 2.83. The van der Waals surface area contributed by atoms with Gasteiger partial charge in [0.05, 0.1) is 0 Å². The Bertz CT molecular complexity index is 533. The van der Waals surface area contributed by atoms with E-state index in [0.29, 0.717) is 10.8 Å². The molecular formula is C10H14N4O2S. The summed E-state index contributed by atoms with van der Waals surface area (Å²) in [6.45, 7) is 2.87. The summed E-state index contributed by atoms with van der Waals surface area (Å²) in [5.74, 6) is 0.509. The molecule has 2 heterocycles. The van der Waals surface area contributed by atoms with E-state index in [0.717, 1.165) is 19.4 Å². The Balaban J connectivity index is 2.41. The van der Waals surface area contributed by atoms with Gasteiger partial charge in [-0.3, -0.25) is 0 Å². The highest BCUT2D eigenvalue weighted by atomic mass is 32.1. The van der Waals surface area contributed by atoms with E-state index in [4.69, 9.17) is 0 Å². The fraction of sp³-hybridized carbons (Fsp3) is 0.500. The molecule has 0 aliphatic heterocycles. The highest BCUT2D eigenvalue weighted by Gasteiger charge is 2.25. The van der Waals surface area contributed by atoms with Crippen LogP contribution in [0.25, 0.3) is 4.96 Å². The van der Waals surface area contributed by atoms with Crippen LogP contribution in [0.15, 0.2) is 11.6 Å². The lowest BCUT2D eigenvalue weighted by atomic mass is 10.3. The Morgan fingerprint density at radius 3 is 3.06 bits per heavy atom. The Morgan fingerprint density at radius 2 is 2.41 bits per heavy atom. The van der Waals surface area contributed by atoms with E-state index in [1.165, 1.54) is 15.7 Å².